The summed E-state index contributed by atoms with van der Waals surface area (Å²) in [6.45, 7) is 2.88. The lowest BCUT2D eigenvalue weighted by Gasteiger charge is -2.19. The number of hydrogen-bond donors (Lipinski definition) is 1. The first-order valence-corrected chi connectivity index (χ1v) is 9.54. The molecule has 0 aliphatic carbocycles. The summed E-state index contributed by atoms with van der Waals surface area (Å²) in [4.78, 5) is 11.6. The van der Waals surface area contributed by atoms with Gasteiger partial charge in [0.05, 0.1) is 32.7 Å². The Labute approximate surface area is 174 Å². The number of quaternary nitrogens is 1. The summed E-state index contributed by atoms with van der Waals surface area (Å²) in [5.74, 6) is 2.29. The van der Waals surface area contributed by atoms with Gasteiger partial charge in [-0.15, -0.1) is 10.2 Å². The minimum Gasteiger partial charge on any atom is -0.493 e. The lowest BCUT2D eigenvalue weighted by Crippen LogP contribution is -3.09. The molecule has 1 heterocycles. The minimum absolute atomic E-state index is 0.00978. The number of ether oxygens (including phenoxy) is 2. The van der Waals surface area contributed by atoms with Crippen LogP contribution in [0.25, 0.3) is 11.5 Å². The summed E-state index contributed by atoms with van der Waals surface area (Å²) < 4.78 is 16.5. The third-order valence-corrected chi connectivity index (χ3v) is 5.13. The van der Waals surface area contributed by atoms with E-state index in [0.29, 0.717) is 28.8 Å². The van der Waals surface area contributed by atoms with E-state index in [4.69, 9.17) is 13.9 Å². The molecule has 3 aromatic rings. The van der Waals surface area contributed by atoms with Crippen molar-refractivity contribution in [3.63, 3.8) is 0 Å². The Hall–Kier alpha value is -3.46. The molecule has 2 atom stereocenters. The molecule has 1 N–H and O–H groups in total. The van der Waals surface area contributed by atoms with Crippen LogP contribution in [0.15, 0.2) is 46.9 Å². The van der Waals surface area contributed by atoms with E-state index in [1.54, 1.807) is 26.4 Å². The molecule has 9 nitrogen and oxygen atoms in total. The lowest BCUT2D eigenvalue weighted by molar-refractivity contribution is -0.911. The van der Waals surface area contributed by atoms with E-state index in [9.17, 15) is 10.1 Å². The standard InChI is InChI=1S/C21H24N4O5/c1-14(24(2)12-11-15-5-10-18(28-3)19(13-15)29-4)20-22-23-21(30-20)16-6-8-17(9-7-16)25(26)27/h5-10,13-14H,11-12H2,1-4H3/p+1/t14-/m1/s1. The largest absolute Gasteiger partial charge is 0.493 e. The van der Waals surface area contributed by atoms with Crippen LogP contribution in [0.1, 0.15) is 24.4 Å². The molecule has 0 aliphatic rings. The lowest BCUT2D eigenvalue weighted by atomic mass is 10.1. The monoisotopic (exact) mass is 413 g/mol. The third-order valence-electron chi connectivity index (χ3n) is 5.13. The van der Waals surface area contributed by atoms with Crippen LogP contribution in [0, 0.1) is 10.1 Å². The number of benzene rings is 2. The van der Waals surface area contributed by atoms with Crippen molar-refractivity contribution in [3.05, 3.63) is 64.0 Å². The maximum absolute atomic E-state index is 10.8. The maximum atomic E-state index is 10.8. The Morgan fingerprint density at radius 3 is 2.43 bits per heavy atom. The van der Waals surface area contributed by atoms with E-state index < -0.39 is 4.92 Å². The van der Waals surface area contributed by atoms with Crippen LogP contribution in [0.3, 0.4) is 0 Å². The van der Waals surface area contributed by atoms with Crippen molar-refractivity contribution in [1.82, 2.24) is 10.2 Å². The first kappa shape index (κ1) is 21.3. The van der Waals surface area contributed by atoms with E-state index in [2.05, 4.69) is 17.2 Å². The second-order valence-electron chi connectivity index (χ2n) is 7.01. The highest BCUT2D eigenvalue weighted by molar-refractivity contribution is 5.55. The normalized spacial score (nSPS) is 12.9. The Morgan fingerprint density at radius 2 is 1.80 bits per heavy atom. The van der Waals surface area contributed by atoms with Gasteiger partial charge in [0.1, 0.15) is 0 Å². The molecule has 0 radical (unpaired) electrons. The fraction of sp³-hybridized carbons (Fsp3) is 0.333. The molecule has 0 amide bonds. The number of nitro benzene ring substituents is 1. The van der Waals surface area contributed by atoms with Crippen LogP contribution >= 0.6 is 0 Å². The van der Waals surface area contributed by atoms with E-state index in [-0.39, 0.29) is 11.7 Å². The maximum Gasteiger partial charge on any atom is 0.274 e. The first-order chi connectivity index (χ1) is 14.4. The number of nitro groups is 1. The third kappa shape index (κ3) is 4.74. The number of nitrogens with zero attached hydrogens (tertiary/aromatic N) is 3. The first-order valence-electron chi connectivity index (χ1n) is 9.54. The second kappa shape index (κ2) is 9.36. The molecule has 0 bridgehead atoms. The van der Waals surface area contributed by atoms with Gasteiger partial charge in [-0.1, -0.05) is 6.07 Å². The zero-order chi connectivity index (χ0) is 21.7. The van der Waals surface area contributed by atoms with Crippen LogP contribution in [0.4, 0.5) is 5.69 Å². The number of nitrogens with one attached hydrogen (secondary N) is 1. The van der Waals surface area contributed by atoms with Crippen molar-refractivity contribution >= 4 is 5.69 Å². The number of aromatic nitrogens is 2. The number of non-ortho nitro benzene ring substituents is 1. The van der Waals surface area contributed by atoms with Gasteiger partial charge >= 0.3 is 0 Å². The van der Waals surface area contributed by atoms with Crippen molar-refractivity contribution in [2.24, 2.45) is 0 Å². The van der Waals surface area contributed by atoms with Gasteiger partial charge in [0.15, 0.2) is 17.5 Å². The van der Waals surface area contributed by atoms with Crippen molar-refractivity contribution in [3.8, 4) is 23.0 Å². The van der Waals surface area contributed by atoms with Crippen molar-refractivity contribution in [2.45, 2.75) is 19.4 Å². The number of rotatable bonds is 9. The van der Waals surface area contributed by atoms with Crippen LogP contribution in [0.2, 0.25) is 0 Å². The average molecular weight is 413 g/mol. The van der Waals surface area contributed by atoms with Gasteiger partial charge in [-0.05, 0) is 36.8 Å². The SMILES string of the molecule is COc1ccc(CC[NH+](C)[C@H](C)c2nnc(-c3ccc([N+](=O)[O-])cc3)o2)cc1OC. The van der Waals surface area contributed by atoms with Crippen LogP contribution in [-0.2, 0) is 6.42 Å². The topological polar surface area (TPSA) is 105 Å². The second-order valence-corrected chi connectivity index (χ2v) is 7.01. The molecule has 0 aliphatic heterocycles. The van der Waals surface area contributed by atoms with Gasteiger partial charge in [-0.3, -0.25) is 10.1 Å². The van der Waals surface area contributed by atoms with Crippen molar-refractivity contribution in [1.29, 1.82) is 0 Å². The molecule has 1 unspecified atom stereocenters. The minimum atomic E-state index is -0.443. The average Bonchev–Trinajstić information content (AvgIpc) is 3.27. The van der Waals surface area contributed by atoms with Gasteiger partial charge in [-0.25, -0.2) is 0 Å². The summed E-state index contributed by atoms with van der Waals surface area (Å²) in [7, 11) is 5.31. The van der Waals surface area contributed by atoms with Gasteiger partial charge in [0.2, 0.25) is 5.89 Å². The predicted molar refractivity (Wildman–Crippen MR) is 110 cm³/mol. The molecule has 30 heavy (non-hydrogen) atoms. The predicted octanol–water partition coefficient (Wildman–Crippen LogP) is 2.48. The Kier molecular flexibility index (Phi) is 6.63. The highest BCUT2D eigenvalue weighted by Crippen LogP contribution is 2.27. The van der Waals surface area contributed by atoms with E-state index in [1.807, 2.05) is 25.1 Å². The Balaban J connectivity index is 1.64. The molecule has 1 aromatic heterocycles. The fourth-order valence-electron chi connectivity index (χ4n) is 3.06. The van der Waals surface area contributed by atoms with E-state index in [1.165, 1.54) is 17.0 Å². The molecule has 0 spiro atoms. The molecule has 0 saturated carbocycles. The zero-order valence-electron chi connectivity index (χ0n) is 17.4. The molecule has 158 valence electrons. The Morgan fingerprint density at radius 1 is 1.10 bits per heavy atom. The smallest absolute Gasteiger partial charge is 0.274 e. The fourth-order valence-corrected chi connectivity index (χ4v) is 3.06. The number of likely N-dealkylation sites (N-methyl/N-ethyl adjacent to an activating group) is 1. The van der Waals surface area contributed by atoms with Crippen molar-refractivity contribution < 1.29 is 23.7 Å². The van der Waals surface area contributed by atoms with Gasteiger partial charge in [-0.2, -0.15) is 0 Å². The number of hydrogen-bond acceptors (Lipinski definition) is 7. The highest BCUT2D eigenvalue weighted by atomic mass is 16.6. The van der Waals surface area contributed by atoms with Crippen LogP contribution in [0.5, 0.6) is 11.5 Å². The van der Waals surface area contributed by atoms with Gasteiger partial charge in [0, 0.05) is 24.1 Å². The molecule has 9 heteroatoms. The van der Waals surface area contributed by atoms with Crippen LogP contribution < -0.4 is 14.4 Å². The van der Waals surface area contributed by atoms with Gasteiger partial charge < -0.3 is 18.8 Å². The van der Waals surface area contributed by atoms with Gasteiger partial charge in [0.25, 0.3) is 11.6 Å². The van der Waals surface area contributed by atoms with E-state index in [0.717, 1.165) is 18.5 Å². The van der Waals surface area contributed by atoms with Crippen LogP contribution in [-0.4, -0.2) is 42.9 Å². The molecule has 0 saturated heterocycles. The zero-order valence-corrected chi connectivity index (χ0v) is 17.4. The summed E-state index contributed by atoms with van der Waals surface area (Å²) in [6.07, 6.45) is 0.847. The summed E-state index contributed by atoms with van der Waals surface area (Å²) in [6, 6.07) is 12.0. The summed E-state index contributed by atoms with van der Waals surface area (Å²) in [5, 5.41) is 19.0. The number of methoxy groups -OCH3 is 2. The van der Waals surface area contributed by atoms with Crippen molar-refractivity contribution in [2.75, 3.05) is 27.8 Å². The summed E-state index contributed by atoms with van der Waals surface area (Å²) in [5.41, 5.74) is 1.82. The molecule has 2 aromatic carbocycles. The highest BCUT2D eigenvalue weighted by Gasteiger charge is 2.22. The van der Waals surface area contributed by atoms with E-state index >= 15 is 0 Å². The molecular formula is C21H25N4O5+. The molecular weight excluding hydrogens is 388 g/mol. The molecule has 3 rings (SSSR count). The quantitative estimate of drug-likeness (QED) is 0.424. The molecule has 0 fully saturated rings. The Bertz CT molecular complexity index is 1000. The summed E-state index contributed by atoms with van der Waals surface area (Å²) >= 11 is 0.